The number of imidazole rings is 1. The highest BCUT2D eigenvalue weighted by Crippen LogP contribution is 2.26. The summed E-state index contributed by atoms with van der Waals surface area (Å²) in [7, 11) is 0. The molecule has 0 saturated carbocycles. The summed E-state index contributed by atoms with van der Waals surface area (Å²) >= 11 is 0. The van der Waals surface area contributed by atoms with Gasteiger partial charge in [0.05, 0.1) is 18.9 Å². The van der Waals surface area contributed by atoms with Crippen LogP contribution < -0.4 is 43.8 Å². The molecule has 0 spiro atoms. The van der Waals surface area contributed by atoms with Crippen LogP contribution in [0.3, 0.4) is 0 Å². The van der Waals surface area contributed by atoms with Crippen molar-refractivity contribution in [2.45, 2.75) is 140 Å². The molecule has 8 atom stereocenters. The summed E-state index contributed by atoms with van der Waals surface area (Å²) in [5.41, 5.74) is 17.1. The number of guanidine groups is 1. The zero-order chi connectivity index (χ0) is 48.0. The number of amides is 8. The van der Waals surface area contributed by atoms with Crippen molar-refractivity contribution in [1.29, 1.82) is 0 Å². The number of aliphatic imine (C=N–C) groups is 1. The maximum absolute atomic E-state index is 14.2. The second-order valence-electron chi connectivity index (χ2n) is 17.2. The van der Waals surface area contributed by atoms with Gasteiger partial charge in [0.25, 0.3) is 0 Å². The maximum atomic E-state index is 14.2. The van der Waals surface area contributed by atoms with Gasteiger partial charge in [-0.05, 0) is 77.6 Å². The first-order valence-electron chi connectivity index (χ1n) is 22.2. The number of aromatic amines is 1. The molecular formula is C41H66N14O10. The summed E-state index contributed by atoms with van der Waals surface area (Å²) in [5, 5.41) is 22.5. The molecule has 4 rings (SSSR count). The summed E-state index contributed by atoms with van der Waals surface area (Å²) < 4.78 is 0. The lowest BCUT2D eigenvalue weighted by Gasteiger charge is -2.33. The molecule has 65 heavy (non-hydrogen) atoms. The number of aliphatic carboxylic acids is 1. The number of likely N-dealkylation sites (tertiary alicyclic amines) is 3. The van der Waals surface area contributed by atoms with Crippen LogP contribution in [-0.4, -0.2) is 170 Å². The Kier molecular flexibility index (Phi) is 19.0. The molecule has 24 nitrogen and oxygen atoms in total. The van der Waals surface area contributed by atoms with Gasteiger partial charge in [0.1, 0.15) is 42.3 Å². The highest BCUT2D eigenvalue weighted by Gasteiger charge is 2.44. The molecule has 1 aromatic rings. The first-order valence-corrected chi connectivity index (χ1v) is 22.2. The second kappa shape index (κ2) is 24.1. The third kappa shape index (κ3) is 14.6. The monoisotopic (exact) mass is 915 g/mol. The van der Waals surface area contributed by atoms with E-state index in [2.05, 4.69) is 41.5 Å². The van der Waals surface area contributed by atoms with E-state index in [-0.39, 0.29) is 70.2 Å². The summed E-state index contributed by atoms with van der Waals surface area (Å²) in [4.78, 5) is 135. The number of hydrogen-bond acceptors (Lipinski definition) is 12. The van der Waals surface area contributed by atoms with Gasteiger partial charge in [-0.15, -0.1) is 0 Å². The van der Waals surface area contributed by atoms with Gasteiger partial charge >= 0.3 is 5.97 Å². The van der Waals surface area contributed by atoms with Crippen LogP contribution in [-0.2, 0) is 49.6 Å². The number of H-pyrrole nitrogens is 1. The molecule has 0 bridgehead atoms. The second-order valence-corrected chi connectivity index (χ2v) is 17.2. The van der Waals surface area contributed by atoms with Gasteiger partial charge in [-0.3, -0.25) is 43.3 Å². The molecule has 360 valence electrons. The Balaban J connectivity index is 1.39. The van der Waals surface area contributed by atoms with Crippen LogP contribution in [0.1, 0.15) is 91.2 Å². The van der Waals surface area contributed by atoms with Gasteiger partial charge in [0.15, 0.2) is 5.96 Å². The first kappa shape index (κ1) is 51.3. The van der Waals surface area contributed by atoms with Crippen molar-refractivity contribution < 1.29 is 48.3 Å². The number of nitrogens with two attached hydrogens (primary N) is 3. The predicted octanol–water partition coefficient (Wildman–Crippen LogP) is -3.47. The normalized spacial score (nSPS) is 20.5. The van der Waals surface area contributed by atoms with E-state index in [1.54, 1.807) is 0 Å². The Hall–Kier alpha value is -6.33. The molecule has 24 heteroatoms. The van der Waals surface area contributed by atoms with E-state index >= 15 is 0 Å². The van der Waals surface area contributed by atoms with Crippen LogP contribution in [0.2, 0.25) is 0 Å². The van der Waals surface area contributed by atoms with E-state index < -0.39 is 108 Å². The predicted molar refractivity (Wildman–Crippen MR) is 234 cm³/mol. The molecule has 0 aliphatic carbocycles. The molecule has 1 aromatic heterocycles. The topological polar surface area (TPSA) is 363 Å². The van der Waals surface area contributed by atoms with Gasteiger partial charge in [-0.2, -0.15) is 0 Å². The van der Waals surface area contributed by atoms with Crippen LogP contribution in [0.15, 0.2) is 17.5 Å². The quantitative estimate of drug-likeness (QED) is 0.0307. The molecule has 0 radical (unpaired) electrons. The molecule has 4 heterocycles. The average Bonchev–Trinajstić information content (AvgIpc) is 4.10. The molecule has 13 N–H and O–H groups in total. The number of carbonyl (C=O) groups is 9. The van der Waals surface area contributed by atoms with Crippen molar-refractivity contribution in [3.8, 4) is 0 Å². The Morgan fingerprint density at radius 2 is 1.38 bits per heavy atom. The summed E-state index contributed by atoms with van der Waals surface area (Å²) in [6, 6.07) is -8.21. The third-order valence-electron chi connectivity index (χ3n) is 11.6. The highest BCUT2D eigenvalue weighted by molar-refractivity contribution is 5.98. The number of carboxylic acids is 1. The largest absolute Gasteiger partial charge is 0.480 e. The number of nitrogens with one attached hydrogen (secondary N) is 6. The SMILES string of the molecule is CC(C)C[C@H](NC(=O)[C@H](C)NC(=O)[C@@H]1CCCN1C(=O)CNC(=O)[C@H](Cc1cnc[nH]1)NC(=O)[C@@H]1CCCN1C(=O)[C@@H]1CCCN1C(=O)[C@H](CCCN=C(N)N)NC(=O)[C@H](C)N)C(=O)O. The number of carboxylic acid groups (broad SMARTS) is 1. The number of hydrogen-bond donors (Lipinski definition) is 10. The van der Waals surface area contributed by atoms with Crippen LogP contribution in [0.5, 0.6) is 0 Å². The average molecular weight is 915 g/mol. The molecular weight excluding hydrogens is 849 g/mol. The summed E-state index contributed by atoms with van der Waals surface area (Å²) in [6.45, 7) is 6.88. The van der Waals surface area contributed by atoms with Crippen molar-refractivity contribution in [3.63, 3.8) is 0 Å². The fourth-order valence-corrected chi connectivity index (χ4v) is 8.23. The molecule has 0 aromatic carbocycles. The van der Waals surface area contributed by atoms with E-state index in [0.717, 1.165) is 0 Å². The summed E-state index contributed by atoms with van der Waals surface area (Å²) in [5.74, 6) is -6.02. The Bertz CT molecular complexity index is 1910. The van der Waals surface area contributed by atoms with Gasteiger partial charge < -0.3 is 68.6 Å². The third-order valence-corrected chi connectivity index (χ3v) is 11.6. The molecule has 8 amide bonds. The fourth-order valence-electron chi connectivity index (χ4n) is 8.23. The minimum Gasteiger partial charge on any atom is -0.480 e. The lowest BCUT2D eigenvalue weighted by molar-refractivity contribution is -0.148. The Morgan fingerprint density at radius 1 is 0.785 bits per heavy atom. The van der Waals surface area contributed by atoms with Gasteiger partial charge in [-0.25, -0.2) is 9.78 Å². The maximum Gasteiger partial charge on any atom is 0.326 e. The Labute approximate surface area is 377 Å². The van der Waals surface area contributed by atoms with Gasteiger partial charge in [0, 0.05) is 44.5 Å². The van der Waals surface area contributed by atoms with E-state index in [1.807, 2.05) is 13.8 Å². The van der Waals surface area contributed by atoms with E-state index in [0.29, 0.717) is 37.8 Å². The summed E-state index contributed by atoms with van der Waals surface area (Å²) in [6.07, 6.45) is 5.90. The lowest BCUT2D eigenvalue weighted by Crippen LogP contribution is -2.58. The van der Waals surface area contributed by atoms with Crippen LogP contribution in [0.4, 0.5) is 0 Å². The molecule has 3 fully saturated rings. The standard InChI is InChI=1S/C41H66N14O10/c1-22(2)17-28(40(64)65)52-34(58)24(4)49-36(60)29-10-6-14-53(29)32(56)20-47-35(59)27(18-25-19-45-21-48-25)51-37(61)30-11-7-15-54(30)39(63)31-12-8-16-55(31)38(62)26(50-33(57)23(3)42)9-5-13-46-41(43)44/h19,21-24,26-31H,5-18,20,42H2,1-4H3,(H,45,48)(H,47,59)(H,49,60)(H,50,57)(H,51,61)(H,52,58)(H,64,65)(H4,43,44,46)/t23-,24-,26-,27-,28-,29-,30-,31-/m0/s1. The number of carbonyl (C=O) groups excluding carboxylic acids is 8. The van der Waals surface area contributed by atoms with Crippen LogP contribution >= 0.6 is 0 Å². The van der Waals surface area contributed by atoms with E-state index in [9.17, 15) is 48.3 Å². The zero-order valence-electron chi connectivity index (χ0n) is 37.5. The van der Waals surface area contributed by atoms with E-state index in [1.165, 1.54) is 41.1 Å². The smallest absolute Gasteiger partial charge is 0.326 e. The first-order chi connectivity index (χ1) is 30.8. The highest BCUT2D eigenvalue weighted by atomic mass is 16.4. The van der Waals surface area contributed by atoms with E-state index in [4.69, 9.17) is 17.2 Å². The number of aromatic nitrogens is 2. The minimum atomic E-state index is -1.23. The molecule has 3 aliphatic heterocycles. The van der Waals surface area contributed by atoms with Crippen molar-refractivity contribution in [3.05, 3.63) is 18.2 Å². The number of rotatable bonds is 22. The van der Waals surface area contributed by atoms with Crippen LogP contribution in [0, 0.1) is 5.92 Å². The Morgan fingerprint density at radius 3 is 1.98 bits per heavy atom. The molecule has 3 aliphatic rings. The van der Waals surface area contributed by atoms with Gasteiger partial charge in [-0.1, -0.05) is 13.8 Å². The molecule has 0 unspecified atom stereocenters. The van der Waals surface area contributed by atoms with Gasteiger partial charge in [0.2, 0.25) is 47.3 Å². The number of nitrogens with zero attached hydrogens (tertiary/aromatic N) is 5. The van der Waals surface area contributed by atoms with Crippen molar-refractivity contribution in [2.24, 2.45) is 28.1 Å². The minimum absolute atomic E-state index is 0.0106. The molecule has 3 saturated heterocycles. The lowest BCUT2D eigenvalue weighted by atomic mass is 10.0. The van der Waals surface area contributed by atoms with Crippen molar-refractivity contribution >= 4 is 59.2 Å². The fraction of sp³-hybridized carbons (Fsp3) is 0.683. The zero-order valence-corrected chi connectivity index (χ0v) is 37.5. The van der Waals surface area contributed by atoms with Crippen molar-refractivity contribution in [2.75, 3.05) is 32.7 Å². The van der Waals surface area contributed by atoms with Crippen LogP contribution in [0.25, 0.3) is 0 Å². The van der Waals surface area contributed by atoms with Crippen molar-refractivity contribution in [1.82, 2.24) is 51.3 Å².